The van der Waals surface area contributed by atoms with Crippen LogP contribution in [0.5, 0.6) is 0 Å². The second-order valence-corrected chi connectivity index (χ2v) is 7.59. The molecule has 0 spiro atoms. The van der Waals surface area contributed by atoms with Crippen LogP contribution in [0, 0.1) is 6.92 Å². The molecule has 1 aromatic rings. The molecule has 1 aliphatic heterocycles. The molecule has 1 N–H and O–H groups in total. The van der Waals surface area contributed by atoms with Gasteiger partial charge in [-0.1, -0.05) is 0 Å². The lowest BCUT2D eigenvalue weighted by Crippen LogP contribution is -2.51. The Morgan fingerprint density at radius 1 is 1.55 bits per heavy atom. The first-order chi connectivity index (χ1) is 9.50. The molecule has 5 nitrogen and oxygen atoms in total. The average molecular weight is 295 g/mol. The van der Waals surface area contributed by atoms with Crippen LogP contribution in [-0.4, -0.2) is 57.8 Å². The molecular weight excluding hydrogens is 270 g/mol. The summed E-state index contributed by atoms with van der Waals surface area (Å²) in [4.78, 5) is 6.76. The molecule has 0 bridgehead atoms. The van der Waals surface area contributed by atoms with Crippen LogP contribution in [0.3, 0.4) is 0 Å². The highest BCUT2D eigenvalue weighted by Gasteiger charge is 2.28. The first-order valence-corrected chi connectivity index (χ1v) is 8.07. The van der Waals surface area contributed by atoms with E-state index in [1.165, 1.54) is 5.56 Å². The number of aliphatic imine (C=N–C) groups is 1. The van der Waals surface area contributed by atoms with Gasteiger partial charge >= 0.3 is 0 Å². The lowest BCUT2D eigenvalue weighted by Gasteiger charge is -2.39. The van der Waals surface area contributed by atoms with Gasteiger partial charge in [-0.3, -0.25) is 9.67 Å². The van der Waals surface area contributed by atoms with Crippen molar-refractivity contribution in [2.75, 3.05) is 32.4 Å². The van der Waals surface area contributed by atoms with Crippen molar-refractivity contribution < 1.29 is 0 Å². The Kier molecular flexibility index (Phi) is 4.96. The maximum absolute atomic E-state index is 4.41. The average Bonchev–Trinajstić information content (AvgIpc) is 2.79. The highest BCUT2D eigenvalue weighted by Crippen LogP contribution is 2.29. The van der Waals surface area contributed by atoms with Gasteiger partial charge in [0.2, 0.25) is 0 Å². The minimum Gasteiger partial charge on any atom is -0.354 e. The SMILES string of the molecule is CN=C(NCCn1cc(C)cn1)N1CCSC(C)(C)C1. The van der Waals surface area contributed by atoms with E-state index in [2.05, 4.69) is 47.3 Å². The fourth-order valence-corrected chi connectivity index (χ4v) is 3.51. The lowest BCUT2D eigenvalue weighted by molar-refractivity contribution is 0.374. The summed E-state index contributed by atoms with van der Waals surface area (Å²) in [6, 6.07) is 0. The molecule has 2 rings (SSSR count). The fraction of sp³-hybridized carbons (Fsp3) is 0.714. The smallest absolute Gasteiger partial charge is 0.193 e. The zero-order valence-electron chi connectivity index (χ0n) is 12.9. The first-order valence-electron chi connectivity index (χ1n) is 7.09. The summed E-state index contributed by atoms with van der Waals surface area (Å²) in [6.07, 6.45) is 3.95. The van der Waals surface area contributed by atoms with E-state index in [0.29, 0.717) is 4.75 Å². The molecule has 20 heavy (non-hydrogen) atoms. The van der Waals surface area contributed by atoms with E-state index in [4.69, 9.17) is 0 Å². The van der Waals surface area contributed by atoms with Gasteiger partial charge in [-0.05, 0) is 26.3 Å². The van der Waals surface area contributed by atoms with Gasteiger partial charge in [-0.2, -0.15) is 16.9 Å². The maximum atomic E-state index is 4.41. The van der Waals surface area contributed by atoms with Crippen LogP contribution in [0.15, 0.2) is 17.4 Å². The van der Waals surface area contributed by atoms with Crippen LogP contribution in [-0.2, 0) is 6.54 Å². The van der Waals surface area contributed by atoms with Crippen LogP contribution in [0.2, 0.25) is 0 Å². The number of hydrogen-bond acceptors (Lipinski definition) is 3. The quantitative estimate of drug-likeness (QED) is 0.679. The van der Waals surface area contributed by atoms with E-state index in [1.807, 2.05) is 29.7 Å². The minimum atomic E-state index is 0.301. The van der Waals surface area contributed by atoms with Crippen molar-refractivity contribution in [3.8, 4) is 0 Å². The lowest BCUT2D eigenvalue weighted by atomic mass is 10.2. The van der Waals surface area contributed by atoms with Gasteiger partial charge in [0.1, 0.15) is 0 Å². The van der Waals surface area contributed by atoms with Crippen molar-refractivity contribution in [1.82, 2.24) is 20.0 Å². The van der Waals surface area contributed by atoms with Crippen molar-refractivity contribution in [3.63, 3.8) is 0 Å². The van der Waals surface area contributed by atoms with E-state index in [-0.39, 0.29) is 0 Å². The van der Waals surface area contributed by atoms with Crippen LogP contribution in [0.4, 0.5) is 0 Å². The molecule has 0 unspecified atom stereocenters. The van der Waals surface area contributed by atoms with Gasteiger partial charge in [0.05, 0.1) is 12.7 Å². The second kappa shape index (κ2) is 6.52. The summed E-state index contributed by atoms with van der Waals surface area (Å²) in [7, 11) is 1.86. The van der Waals surface area contributed by atoms with Gasteiger partial charge in [0.15, 0.2) is 5.96 Å². The number of thioether (sulfide) groups is 1. The second-order valence-electron chi connectivity index (χ2n) is 5.78. The van der Waals surface area contributed by atoms with Gasteiger partial charge in [-0.25, -0.2) is 0 Å². The molecule has 2 heterocycles. The van der Waals surface area contributed by atoms with Gasteiger partial charge in [-0.15, -0.1) is 0 Å². The summed E-state index contributed by atoms with van der Waals surface area (Å²) in [5, 5.41) is 7.73. The van der Waals surface area contributed by atoms with Crippen LogP contribution >= 0.6 is 11.8 Å². The largest absolute Gasteiger partial charge is 0.354 e. The van der Waals surface area contributed by atoms with Crippen molar-refractivity contribution in [1.29, 1.82) is 0 Å². The van der Waals surface area contributed by atoms with Gasteiger partial charge in [0, 0.05) is 43.4 Å². The van der Waals surface area contributed by atoms with E-state index in [1.54, 1.807) is 0 Å². The molecule has 1 aromatic heterocycles. The fourth-order valence-electron chi connectivity index (χ4n) is 2.40. The normalized spacial score (nSPS) is 19.2. The third-order valence-electron chi connectivity index (χ3n) is 3.32. The molecule has 0 aliphatic carbocycles. The zero-order valence-corrected chi connectivity index (χ0v) is 13.7. The van der Waals surface area contributed by atoms with Crippen molar-refractivity contribution in [3.05, 3.63) is 18.0 Å². The van der Waals surface area contributed by atoms with E-state index < -0.39 is 0 Å². The van der Waals surface area contributed by atoms with Crippen molar-refractivity contribution in [2.24, 2.45) is 4.99 Å². The molecule has 0 radical (unpaired) electrons. The van der Waals surface area contributed by atoms with Crippen LogP contribution < -0.4 is 5.32 Å². The Hall–Kier alpha value is -1.17. The molecule has 0 amide bonds. The van der Waals surface area contributed by atoms with Crippen molar-refractivity contribution >= 4 is 17.7 Å². The van der Waals surface area contributed by atoms with Crippen LogP contribution in [0.1, 0.15) is 19.4 Å². The molecule has 0 saturated carbocycles. The Morgan fingerprint density at radius 2 is 2.35 bits per heavy atom. The first kappa shape index (κ1) is 15.2. The number of aryl methyl sites for hydroxylation is 1. The number of guanidine groups is 1. The predicted molar refractivity (Wildman–Crippen MR) is 86.4 cm³/mol. The number of nitrogens with one attached hydrogen (secondary N) is 1. The number of aromatic nitrogens is 2. The molecule has 112 valence electrons. The number of hydrogen-bond donors (Lipinski definition) is 1. The summed E-state index contributed by atoms with van der Waals surface area (Å²) < 4.78 is 2.26. The summed E-state index contributed by atoms with van der Waals surface area (Å²) in [6.45, 7) is 10.5. The highest BCUT2D eigenvalue weighted by atomic mass is 32.2. The summed E-state index contributed by atoms with van der Waals surface area (Å²) in [5.74, 6) is 2.16. The maximum Gasteiger partial charge on any atom is 0.193 e. The zero-order chi connectivity index (χ0) is 14.6. The summed E-state index contributed by atoms with van der Waals surface area (Å²) >= 11 is 2.04. The molecule has 1 fully saturated rings. The predicted octanol–water partition coefficient (Wildman–Crippen LogP) is 1.59. The number of nitrogens with zero attached hydrogens (tertiary/aromatic N) is 4. The molecule has 1 aliphatic rings. The van der Waals surface area contributed by atoms with E-state index in [9.17, 15) is 0 Å². The third-order valence-corrected chi connectivity index (χ3v) is 4.62. The highest BCUT2D eigenvalue weighted by molar-refractivity contribution is 8.00. The Balaban J connectivity index is 1.83. The molecule has 1 saturated heterocycles. The summed E-state index contributed by atoms with van der Waals surface area (Å²) in [5.41, 5.74) is 1.20. The topological polar surface area (TPSA) is 45.5 Å². The Morgan fingerprint density at radius 3 is 2.95 bits per heavy atom. The molecule has 0 atom stereocenters. The van der Waals surface area contributed by atoms with Crippen LogP contribution in [0.25, 0.3) is 0 Å². The van der Waals surface area contributed by atoms with E-state index >= 15 is 0 Å². The number of rotatable bonds is 3. The Labute approximate surface area is 125 Å². The molecule has 6 heteroatoms. The van der Waals surface area contributed by atoms with E-state index in [0.717, 1.165) is 37.9 Å². The van der Waals surface area contributed by atoms with Gasteiger partial charge in [0.25, 0.3) is 0 Å². The van der Waals surface area contributed by atoms with Crippen molar-refractivity contribution in [2.45, 2.75) is 32.1 Å². The molecule has 0 aromatic carbocycles. The Bertz CT molecular complexity index is 466. The monoisotopic (exact) mass is 295 g/mol. The van der Waals surface area contributed by atoms with Gasteiger partial charge < -0.3 is 10.2 Å². The third kappa shape index (κ3) is 4.16. The minimum absolute atomic E-state index is 0.301. The standard InChI is InChI=1S/C14H25N5S/c1-12-9-17-19(10-12)6-5-16-13(15-4)18-7-8-20-14(2,3)11-18/h9-10H,5-8,11H2,1-4H3,(H,15,16). The molecular formula is C14H25N5S.